The first-order valence-electron chi connectivity index (χ1n) is 3.83. The van der Waals surface area contributed by atoms with E-state index in [1.165, 1.54) is 11.3 Å². The van der Waals surface area contributed by atoms with Crippen LogP contribution < -0.4 is 0 Å². The number of rotatable bonds is 4. The predicted octanol–water partition coefficient (Wildman–Crippen LogP) is 1.34. The number of methoxy groups -OCH3 is 1. The third kappa shape index (κ3) is 2.50. The molecule has 0 unspecified atom stereocenters. The molecule has 72 valence electrons. The molecule has 0 aliphatic rings. The molecule has 0 saturated heterocycles. The van der Waals surface area contributed by atoms with Crippen LogP contribution >= 0.6 is 11.3 Å². The molecule has 13 heavy (non-hydrogen) atoms. The Morgan fingerprint density at radius 3 is 2.85 bits per heavy atom. The van der Waals surface area contributed by atoms with Gasteiger partial charge in [-0.1, -0.05) is 0 Å². The fourth-order valence-corrected chi connectivity index (χ4v) is 1.83. The van der Waals surface area contributed by atoms with Gasteiger partial charge in [0.1, 0.15) is 4.88 Å². The highest BCUT2D eigenvalue weighted by molar-refractivity contribution is 7.13. The fraction of sp³-hybridized carbons (Fsp3) is 0.500. The van der Waals surface area contributed by atoms with Crippen molar-refractivity contribution in [2.75, 3.05) is 13.7 Å². The lowest BCUT2D eigenvalue weighted by molar-refractivity contribution is 0.0701. The highest BCUT2D eigenvalue weighted by Crippen LogP contribution is 2.18. The number of carbonyl (C=O) groups is 1. The number of thiazole rings is 1. The molecule has 1 aromatic rings. The fourth-order valence-electron chi connectivity index (χ4n) is 0.947. The molecule has 0 aromatic carbocycles. The molecule has 0 saturated carbocycles. The Kier molecular flexibility index (Phi) is 3.39. The van der Waals surface area contributed by atoms with Crippen LogP contribution in [0.3, 0.4) is 0 Å². The number of nitrogens with zero attached hydrogens (tertiary/aromatic N) is 1. The number of aromatic nitrogens is 1. The predicted molar refractivity (Wildman–Crippen MR) is 49.4 cm³/mol. The number of hydrogen-bond donors (Lipinski definition) is 1. The van der Waals surface area contributed by atoms with E-state index >= 15 is 0 Å². The first-order valence-corrected chi connectivity index (χ1v) is 4.65. The highest BCUT2D eigenvalue weighted by atomic mass is 32.1. The molecule has 0 aliphatic carbocycles. The van der Waals surface area contributed by atoms with Crippen LogP contribution in [0.5, 0.6) is 0 Å². The number of aryl methyl sites for hydroxylation is 1. The summed E-state index contributed by atoms with van der Waals surface area (Å²) in [6.45, 7) is 2.28. The maximum atomic E-state index is 10.6. The molecule has 0 atom stereocenters. The minimum Gasteiger partial charge on any atom is -0.477 e. The maximum absolute atomic E-state index is 10.6. The Hall–Kier alpha value is -0.940. The van der Waals surface area contributed by atoms with Gasteiger partial charge in [0.05, 0.1) is 17.3 Å². The van der Waals surface area contributed by atoms with Crippen molar-refractivity contribution in [3.05, 3.63) is 15.6 Å². The van der Waals surface area contributed by atoms with Crippen LogP contribution in [0.25, 0.3) is 0 Å². The topological polar surface area (TPSA) is 59.4 Å². The molecule has 0 aliphatic heterocycles. The van der Waals surface area contributed by atoms with Crippen LogP contribution in [-0.4, -0.2) is 29.8 Å². The van der Waals surface area contributed by atoms with Crippen molar-refractivity contribution in [1.82, 2.24) is 4.98 Å². The quantitative estimate of drug-likeness (QED) is 0.798. The summed E-state index contributed by atoms with van der Waals surface area (Å²) in [7, 11) is 1.61. The molecular weight excluding hydrogens is 190 g/mol. The average molecular weight is 201 g/mol. The van der Waals surface area contributed by atoms with Gasteiger partial charge in [0, 0.05) is 13.5 Å². The highest BCUT2D eigenvalue weighted by Gasteiger charge is 2.13. The van der Waals surface area contributed by atoms with Crippen LogP contribution in [0.15, 0.2) is 0 Å². The zero-order valence-electron chi connectivity index (χ0n) is 7.53. The summed E-state index contributed by atoms with van der Waals surface area (Å²) < 4.78 is 4.87. The van der Waals surface area contributed by atoms with Gasteiger partial charge in [-0.15, -0.1) is 11.3 Å². The Morgan fingerprint density at radius 2 is 2.38 bits per heavy atom. The first-order chi connectivity index (χ1) is 6.15. The van der Waals surface area contributed by atoms with E-state index in [9.17, 15) is 4.79 Å². The van der Waals surface area contributed by atoms with E-state index in [1.807, 2.05) is 0 Å². The van der Waals surface area contributed by atoms with Crippen molar-refractivity contribution >= 4 is 17.3 Å². The molecule has 0 amide bonds. The van der Waals surface area contributed by atoms with Crippen molar-refractivity contribution in [1.29, 1.82) is 0 Å². The molecule has 1 heterocycles. The van der Waals surface area contributed by atoms with E-state index in [0.717, 1.165) is 5.01 Å². The zero-order valence-corrected chi connectivity index (χ0v) is 8.35. The van der Waals surface area contributed by atoms with Gasteiger partial charge >= 0.3 is 5.97 Å². The molecule has 0 radical (unpaired) electrons. The average Bonchev–Trinajstić information content (AvgIpc) is 2.43. The smallest absolute Gasteiger partial charge is 0.347 e. The Balaban J connectivity index is 2.76. The normalized spacial score (nSPS) is 10.3. The summed E-state index contributed by atoms with van der Waals surface area (Å²) in [4.78, 5) is 15.1. The molecule has 1 aromatic heterocycles. The van der Waals surface area contributed by atoms with Crippen molar-refractivity contribution in [2.24, 2.45) is 0 Å². The zero-order chi connectivity index (χ0) is 9.84. The van der Waals surface area contributed by atoms with Gasteiger partial charge < -0.3 is 9.84 Å². The second-order valence-corrected chi connectivity index (χ2v) is 3.65. The summed E-state index contributed by atoms with van der Waals surface area (Å²) in [5, 5.41) is 9.56. The monoisotopic (exact) mass is 201 g/mol. The largest absolute Gasteiger partial charge is 0.477 e. The van der Waals surface area contributed by atoms with Crippen LogP contribution in [0.4, 0.5) is 0 Å². The third-order valence-corrected chi connectivity index (χ3v) is 2.76. The van der Waals surface area contributed by atoms with Crippen molar-refractivity contribution in [2.45, 2.75) is 13.3 Å². The van der Waals surface area contributed by atoms with Gasteiger partial charge in [0.25, 0.3) is 0 Å². The molecule has 0 bridgehead atoms. The minimum absolute atomic E-state index is 0.325. The van der Waals surface area contributed by atoms with Crippen LogP contribution in [0.2, 0.25) is 0 Å². The van der Waals surface area contributed by atoms with E-state index in [4.69, 9.17) is 9.84 Å². The van der Waals surface area contributed by atoms with Gasteiger partial charge in [0.2, 0.25) is 0 Å². The maximum Gasteiger partial charge on any atom is 0.347 e. The van der Waals surface area contributed by atoms with E-state index in [1.54, 1.807) is 14.0 Å². The summed E-state index contributed by atoms with van der Waals surface area (Å²) in [6.07, 6.45) is 0.676. The number of carboxylic acid groups (broad SMARTS) is 1. The lowest BCUT2D eigenvalue weighted by atomic mass is 10.4. The van der Waals surface area contributed by atoms with Crippen LogP contribution in [0.1, 0.15) is 20.4 Å². The van der Waals surface area contributed by atoms with E-state index in [-0.39, 0.29) is 0 Å². The van der Waals surface area contributed by atoms with E-state index < -0.39 is 5.97 Å². The number of carboxylic acids is 1. The number of aromatic carboxylic acids is 1. The van der Waals surface area contributed by atoms with Gasteiger partial charge in [-0.05, 0) is 6.92 Å². The van der Waals surface area contributed by atoms with Gasteiger partial charge in [-0.3, -0.25) is 0 Å². The Labute approximate surface area is 80.2 Å². The van der Waals surface area contributed by atoms with Crippen molar-refractivity contribution in [3.63, 3.8) is 0 Å². The summed E-state index contributed by atoms with van der Waals surface area (Å²) in [5.41, 5.74) is 0.587. The molecule has 1 rings (SSSR count). The standard InChI is InChI=1S/C8H11NO3S/c1-5-7(8(10)11)13-6(9-5)3-4-12-2/h3-4H2,1-2H3,(H,10,11). The molecule has 1 N–H and O–H groups in total. The van der Waals surface area contributed by atoms with Gasteiger partial charge in [-0.25, -0.2) is 9.78 Å². The van der Waals surface area contributed by atoms with Crippen LogP contribution in [0, 0.1) is 6.92 Å². The van der Waals surface area contributed by atoms with Crippen molar-refractivity contribution in [3.8, 4) is 0 Å². The lowest BCUT2D eigenvalue weighted by Gasteiger charge is -1.92. The number of hydrogen-bond acceptors (Lipinski definition) is 4. The molecule has 4 nitrogen and oxygen atoms in total. The van der Waals surface area contributed by atoms with Gasteiger partial charge in [-0.2, -0.15) is 0 Å². The molecular formula is C8H11NO3S. The summed E-state index contributed by atoms with van der Waals surface area (Å²) in [6, 6.07) is 0. The van der Waals surface area contributed by atoms with Crippen LogP contribution in [-0.2, 0) is 11.2 Å². The molecule has 5 heteroatoms. The van der Waals surface area contributed by atoms with Crippen molar-refractivity contribution < 1.29 is 14.6 Å². The molecule has 0 fully saturated rings. The first kappa shape index (κ1) is 10.1. The second kappa shape index (κ2) is 4.34. The molecule has 0 spiro atoms. The Bertz CT molecular complexity index is 308. The second-order valence-electron chi connectivity index (χ2n) is 2.57. The number of ether oxygens (including phenoxy) is 1. The van der Waals surface area contributed by atoms with E-state index in [0.29, 0.717) is 23.6 Å². The minimum atomic E-state index is -0.904. The third-order valence-electron chi connectivity index (χ3n) is 1.56. The summed E-state index contributed by atoms with van der Waals surface area (Å²) in [5.74, 6) is -0.904. The van der Waals surface area contributed by atoms with Gasteiger partial charge in [0.15, 0.2) is 0 Å². The van der Waals surface area contributed by atoms with E-state index in [2.05, 4.69) is 4.98 Å². The summed E-state index contributed by atoms with van der Waals surface area (Å²) >= 11 is 1.22. The lowest BCUT2D eigenvalue weighted by Crippen LogP contribution is -1.94. The SMILES string of the molecule is COCCc1nc(C)c(C(=O)O)s1. The Morgan fingerprint density at radius 1 is 1.69 bits per heavy atom.